The van der Waals surface area contributed by atoms with Crippen LogP contribution in [0.2, 0.25) is 0 Å². The molecule has 27 heavy (non-hydrogen) atoms. The molecule has 5 rings (SSSR count). The van der Waals surface area contributed by atoms with E-state index in [1.54, 1.807) is 18.5 Å². The second-order valence-electron chi connectivity index (χ2n) is 8.28. The van der Waals surface area contributed by atoms with Gasteiger partial charge in [-0.05, 0) is 49.9 Å². The summed E-state index contributed by atoms with van der Waals surface area (Å²) in [5, 5.41) is 4.62. The van der Waals surface area contributed by atoms with Crippen LogP contribution >= 0.6 is 0 Å². The van der Waals surface area contributed by atoms with Gasteiger partial charge in [0.2, 0.25) is 5.95 Å². The minimum Gasteiger partial charge on any atom is -0.273 e. The van der Waals surface area contributed by atoms with Crippen molar-refractivity contribution in [2.24, 2.45) is 5.92 Å². The molecule has 0 N–H and O–H groups in total. The van der Waals surface area contributed by atoms with Gasteiger partial charge in [0.15, 0.2) is 0 Å². The van der Waals surface area contributed by atoms with E-state index in [1.807, 2.05) is 4.90 Å². The Morgan fingerprint density at radius 1 is 1.04 bits per heavy atom. The van der Waals surface area contributed by atoms with E-state index in [4.69, 9.17) is 0 Å². The largest absolute Gasteiger partial charge is 0.273 e. The van der Waals surface area contributed by atoms with Crippen molar-refractivity contribution in [3.63, 3.8) is 0 Å². The fraction of sp³-hybridized carbons (Fsp3) is 0.571. The van der Waals surface area contributed by atoms with Crippen molar-refractivity contribution >= 4 is 11.9 Å². The number of benzene rings is 1. The molecule has 0 bridgehead atoms. The summed E-state index contributed by atoms with van der Waals surface area (Å²) in [5.74, 6) is 0.677. The van der Waals surface area contributed by atoms with E-state index >= 15 is 0 Å². The highest BCUT2D eigenvalue weighted by molar-refractivity contribution is 6.05. The summed E-state index contributed by atoms with van der Waals surface area (Å²) in [4.78, 5) is 19.8. The number of hydrogen-bond acceptors (Lipinski definition) is 3. The van der Waals surface area contributed by atoms with Gasteiger partial charge < -0.3 is 0 Å². The molecular weight excluding hydrogens is 343 g/mol. The molecule has 2 aliphatic carbocycles. The monoisotopic (exact) mass is 368 g/mol. The van der Waals surface area contributed by atoms with Crippen LogP contribution in [0.3, 0.4) is 0 Å². The van der Waals surface area contributed by atoms with Crippen molar-refractivity contribution in [3.8, 4) is 0 Å². The van der Waals surface area contributed by atoms with E-state index in [-0.39, 0.29) is 23.3 Å². The van der Waals surface area contributed by atoms with Crippen LogP contribution in [-0.2, 0) is 5.54 Å². The molecule has 2 heterocycles. The minimum absolute atomic E-state index is 0.00868. The lowest BCUT2D eigenvalue weighted by molar-refractivity contribution is 0.0313. The molecule has 6 heteroatoms. The Bertz CT molecular complexity index is 840. The van der Waals surface area contributed by atoms with E-state index in [0.717, 1.165) is 32.1 Å². The van der Waals surface area contributed by atoms with E-state index in [0.29, 0.717) is 17.4 Å². The summed E-state index contributed by atoms with van der Waals surface area (Å²) < 4.78 is 15.4. The van der Waals surface area contributed by atoms with E-state index in [2.05, 4.69) is 14.8 Å². The van der Waals surface area contributed by atoms with Gasteiger partial charge in [-0.3, -0.25) is 9.69 Å². The molecule has 0 saturated heterocycles. The molecule has 2 atom stereocenters. The summed E-state index contributed by atoms with van der Waals surface area (Å²) in [6.07, 6.45) is 12.1. The predicted molar refractivity (Wildman–Crippen MR) is 100 cm³/mol. The van der Waals surface area contributed by atoms with Crippen LogP contribution in [0.15, 0.2) is 30.6 Å². The first-order valence-corrected chi connectivity index (χ1v) is 10.2. The van der Waals surface area contributed by atoms with E-state index in [1.165, 1.54) is 37.8 Å². The maximum absolute atomic E-state index is 13.4. The van der Waals surface area contributed by atoms with Crippen molar-refractivity contribution in [3.05, 3.63) is 42.0 Å². The van der Waals surface area contributed by atoms with Gasteiger partial charge in [-0.2, -0.15) is 10.1 Å². The molecule has 3 aliphatic rings. The third kappa shape index (κ3) is 2.52. The summed E-state index contributed by atoms with van der Waals surface area (Å²) in [7, 11) is 0. The highest BCUT2D eigenvalue weighted by atomic mass is 19.1. The van der Waals surface area contributed by atoms with Gasteiger partial charge in [-0.1, -0.05) is 32.1 Å². The number of rotatable bonds is 1. The van der Waals surface area contributed by atoms with Gasteiger partial charge in [0, 0.05) is 17.5 Å². The van der Waals surface area contributed by atoms with Crippen LogP contribution in [-0.4, -0.2) is 26.7 Å². The SMILES string of the molecule is O=C(c1ccc(F)cc1)N1c2ncnn2C2(CCCCC2)[C@@H]2CCCC[C@@H]21. The first kappa shape index (κ1) is 16.9. The Kier molecular flexibility index (Phi) is 4.02. The lowest BCUT2D eigenvalue weighted by Crippen LogP contribution is -2.61. The second kappa shape index (κ2) is 6.43. The number of carbonyl (C=O) groups excluding carboxylic acids is 1. The third-order valence-electron chi connectivity index (χ3n) is 6.95. The van der Waals surface area contributed by atoms with Crippen LogP contribution in [0, 0.1) is 11.7 Å². The van der Waals surface area contributed by atoms with Crippen molar-refractivity contribution < 1.29 is 9.18 Å². The number of halogens is 1. The molecule has 1 amide bonds. The molecule has 2 saturated carbocycles. The van der Waals surface area contributed by atoms with Gasteiger partial charge in [0.1, 0.15) is 12.1 Å². The highest BCUT2D eigenvalue weighted by Gasteiger charge is 2.54. The summed E-state index contributed by atoms with van der Waals surface area (Å²) in [6.45, 7) is 0. The lowest BCUT2D eigenvalue weighted by atomic mass is 9.64. The number of hydrogen-bond donors (Lipinski definition) is 0. The smallest absolute Gasteiger partial charge is 0.260 e. The Morgan fingerprint density at radius 2 is 1.78 bits per heavy atom. The second-order valence-corrected chi connectivity index (χ2v) is 8.28. The number of carbonyl (C=O) groups is 1. The predicted octanol–water partition coefficient (Wildman–Crippen LogP) is 4.30. The molecule has 2 fully saturated rings. The molecule has 142 valence electrons. The van der Waals surface area contributed by atoms with Gasteiger partial charge in [0.05, 0.1) is 5.54 Å². The first-order chi connectivity index (χ1) is 13.2. The van der Waals surface area contributed by atoms with Crippen LogP contribution < -0.4 is 4.90 Å². The highest BCUT2D eigenvalue weighted by Crippen LogP contribution is 2.52. The minimum atomic E-state index is -0.329. The van der Waals surface area contributed by atoms with Crippen molar-refractivity contribution in [1.29, 1.82) is 0 Å². The summed E-state index contributed by atoms with van der Waals surface area (Å²) in [6, 6.07) is 6.00. The zero-order valence-corrected chi connectivity index (χ0v) is 15.5. The van der Waals surface area contributed by atoms with Gasteiger partial charge >= 0.3 is 0 Å². The summed E-state index contributed by atoms with van der Waals surface area (Å²) in [5.41, 5.74) is 0.518. The molecule has 1 aromatic carbocycles. The first-order valence-electron chi connectivity index (χ1n) is 10.2. The van der Waals surface area contributed by atoms with Crippen LogP contribution in [0.5, 0.6) is 0 Å². The molecule has 5 nitrogen and oxygen atoms in total. The lowest BCUT2D eigenvalue weighted by Gasteiger charge is -2.55. The van der Waals surface area contributed by atoms with E-state index in [9.17, 15) is 9.18 Å². The Hall–Kier alpha value is -2.24. The fourth-order valence-electron chi connectivity index (χ4n) is 5.79. The van der Waals surface area contributed by atoms with Gasteiger partial charge in [0.25, 0.3) is 5.91 Å². The van der Waals surface area contributed by atoms with E-state index < -0.39 is 0 Å². The normalized spacial score (nSPS) is 26.5. The maximum Gasteiger partial charge on any atom is 0.260 e. The zero-order chi connectivity index (χ0) is 18.4. The fourth-order valence-corrected chi connectivity index (χ4v) is 5.79. The molecule has 1 spiro atoms. The number of amides is 1. The molecule has 0 radical (unpaired) electrons. The van der Waals surface area contributed by atoms with Crippen molar-refractivity contribution in [2.45, 2.75) is 69.4 Å². The molecule has 2 aromatic rings. The van der Waals surface area contributed by atoms with Crippen molar-refractivity contribution in [1.82, 2.24) is 14.8 Å². The maximum atomic E-state index is 13.4. The number of nitrogens with zero attached hydrogens (tertiary/aromatic N) is 4. The van der Waals surface area contributed by atoms with Crippen LogP contribution in [0.25, 0.3) is 0 Å². The Balaban J connectivity index is 1.62. The van der Waals surface area contributed by atoms with Gasteiger partial charge in [-0.15, -0.1) is 0 Å². The van der Waals surface area contributed by atoms with Gasteiger partial charge in [-0.25, -0.2) is 9.07 Å². The molecule has 0 unspecified atom stereocenters. The zero-order valence-electron chi connectivity index (χ0n) is 15.5. The van der Waals surface area contributed by atoms with Crippen LogP contribution in [0.4, 0.5) is 10.3 Å². The van der Waals surface area contributed by atoms with Crippen LogP contribution in [0.1, 0.15) is 68.1 Å². The topological polar surface area (TPSA) is 51.0 Å². The van der Waals surface area contributed by atoms with Crippen molar-refractivity contribution in [2.75, 3.05) is 4.90 Å². The summed E-state index contributed by atoms with van der Waals surface area (Å²) >= 11 is 0. The number of fused-ring (bicyclic) bond motifs is 4. The molecule has 1 aliphatic heterocycles. The average molecular weight is 368 g/mol. The average Bonchev–Trinajstić information content (AvgIpc) is 3.20. The number of aromatic nitrogens is 3. The Labute approximate surface area is 158 Å². The third-order valence-corrected chi connectivity index (χ3v) is 6.95. The molecular formula is C21H25FN4O. The molecule has 1 aromatic heterocycles. The Morgan fingerprint density at radius 3 is 2.56 bits per heavy atom. The standard InChI is InChI=1S/C21H25FN4O/c22-16-10-8-15(9-11-16)19(27)25-18-7-3-2-6-17(18)21(12-4-1-5-13-21)26-20(25)23-14-24-26/h8-11,14,17-18H,1-7,12-13H2/t17-,18+/m1/s1. The quantitative estimate of drug-likeness (QED) is 0.754. The number of anilines is 1.